The summed E-state index contributed by atoms with van der Waals surface area (Å²) in [4.78, 5) is 50.7. The summed E-state index contributed by atoms with van der Waals surface area (Å²) in [5.74, 6) is 0.680. The summed E-state index contributed by atoms with van der Waals surface area (Å²) in [6.45, 7) is 16.1. The average Bonchev–Trinajstić information content (AvgIpc) is 3.07. The van der Waals surface area contributed by atoms with Crippen LogP contribution < -0.4 is 24.8 Å². The van der Waals surface area contributed by atoms with Gasteiger partial charge in [-0.1, -0.05) is 12.1 Å². The number of carbonyl (C=O) groups excluding carboxylic acids is 4. The molecule has 2 unspecified atom stereocenters. The number of aryl methyl sites for hydroxylation is 1. The number of hydrogen-bond donors (Lipinski definition) is 2. The van der Waals surface area contributed by atoms with Gasteiger partial charge in [0.25, 0.3) is 0 Å². The molecule has 2 N–H and O–H groups in total. The number of carbonyl (C=O) groups is 4. The van der Waals surface area contributed by atoms with E-state index < -0.39 is 34.7 Å². The second kappa shape index (κ2) is 16.7. The minimum Gasteiger partial charge on any atom is -0.497 e. The summed E-state index contributed by atoms with van der Waals surface area (Å²) in [5.41, 5.74) is 2.58. The molecule has 1 aliphatic carbocycles. The lowest BCUT2D eigenvalue weighted by Crippen LogP contribution is -2.49. The Bertz CT molecular complexity index is 1790. The van der Waals surface area contributed by atoms with Gasteiger partial charge in [-0.05, 0) is 147 Å². The van der Waals surface area contributed by atoms with Gasteiger partial charge in [-0.2, -0.15) is 0 Å². The molecule has 0 spiro atoms. The summed E-state index contributed by atoms with van der Waals surface area (Å²) in [5, 5.41) is 6.01. The zero-order valence-corrected chi connectivity index (χ0v) is 32.6. The second-order valence-electron chi connectivity index (χ2n) is 16.1. The van der Waals surface area contributed by atoms with Crippen molar-refractivity contribution in [2.75, 3.05) is 25.6 Å². The van der Waals surface area contributed by atoms with Crippen LogP contribution in [0.5, 0.6) is 17.2 Å². The minimum atomic E-state index is -1.01. The minimum absolute atomic E-state index is 0.149. The third kappa shape index (κ3) is 12.0. The molecule has 1 aliphatic rings. The van der Waals surface area contributed by atoms with Gasteiger partial charge in [0.2, 0.25) is 5.78 Å². The molecule has 0 bridgehead atoms. The van der Waals surface area contributed by atoms with E-state index in [4.69, 9.17) is 23.7 Å². The number of amides is 1. The van der Waals surface area contributed by atoms with Crippen molar-refractivity contribution in [3.63, 3.8) is 0 Å². The van der Waals surface area contributed by atoms with Crippen LogP contribution >= 0.6 is 0 Å². The molecule has 0 aromatic heterocycles. The average molecular weight is 731 g/mol. The highest BCUT2D eigenvalue weighted by Crippen LogP contribution is 2.39. The number of ether oxygens (including phenoxy) is 5. The standard InChI is InChI=1S/C42H54N2O9/c1-26(37(46)27-13-16-31(17-14-27)50-25-42(8,9)44-39(48)53-41(5,6)7)51-36(45)24-43-35-23-32(49-10)19-20-34(35)30-12-11-29-22-33(18-15-28(29)21-30)52-38(47)40(2,3)4/h13-20,22-23,26,30,43H,11-12,21,24-25H2,1-10H3,(H,44,48). The fourth-order valence-electron chi connectivity index (χ4n) is 5.78. The topological polar surface area (TPSA) is 138 Å². The molecule has 0 radical (unpaired) electrons. The normalized spacial score (nSPS) is 14.9. The van der Waals surface area contributed by atoms with Crippen LogP contribution in [0.15, 0.2) is 60.7 Å². The van der Waals surface area contributed by atoms with Gasteiger partial charge in [-0.25, -0.2) is 4.79 Å². The number of fused-ring (bicyclic) bond motifs is 1. The van der Waals surface area contributed by atoms with Crippen molar-refractivity contribution >= 4 is 29.5 Å². The third-order valence-electron chi connectivity index (χ3n) is 8.61. The monoisotopic (exact) mass is 730 g/mol. The van der Waals surface area contributed by atoms with Crippen LogP contribution in [0.3, 0.4) is 0 Å². The smallest absolute Gasteiger partial charge is 0.408 e. The number of ketones is 1. The maximum Gasteiger partial charge on any atom is 0.408 e. The Labute approximate surface area is 313 Å². The van der Waals surface area contributed by atoms with Gasteiger partial charge >= 0.3 is 18.0 Å². The number of rotatable bonds is 13. The number of alkyl carbamates (subject to hydrolysis) is 1. The van der Waals surface area contributed by atoms with E-state index >= 15 is 0 Å². The van der Waals surface area contributed by atoms with Crippen molar-refractivity contribution in [2.24, 2.45) is 5.41 Å². The van der Waals surface area contributed by atoms with E-state index in [-0.39, 0.29) is 30.8 Å². The van der Waals surface area contributed by atoms with E-state index in [1.165, 1.54) is 5.56 Å². The van der Waals surface area contributed by atoms with Gasteiger partial charge < -0.3 is 34.3 Å². The molecule has 3 aromatic carbocycles. The van der Waals surface area contributed by atoms with E-state index in [0.29, 0.717) is 22.8 Å². The van der Waals surface area contributed by atoms with Crippen molar-refractivity contribution in [3.8, 4) is 17.2 Å². The maximum atomic E-state index is 13.1. The van der Waals surface area contributed by atoms with Crippen molar-refractivity contribution in [1.29, 1.82) is 0 Å². The summed E-state index contributed by atoms with van der Waals surface area (Å²) in [6.07, 6.45) is 0.906. The Balaban J connectivity index is 1.32. The Hall–Kier alpha value is -5.06. The third-order valence-corrected chi connectivity index (χ3v) is 8.61. The Morgan fingerprint density at radius 2 is 1.49 bits per heavy atom. The molecule has 3 aromatic rings. The molecule has 11 heteroatoms. The van der Waals surface area contributed by atoms with Crippen LogP contribution in [-0.4, -0.2) is 61.3 Å². The van der Waals surface area contributed by atoms with E-state index in [0.717, 1.165) is 36.1 Å². The molecule has 1 amide bonds. The first kappa shape index (κ1) is 40.7. The van der Waals surface area contributed by atoms with Crippen molar-refractivity contribution in [3.05, 3.63) is 82.9 Å². The van der Waals surface area contributed by atoms with E-state index in [1.807, 2.05) is 71.0 Å². The van der Waals surface area contributed by atoms with E-state index in [9.17, 15) is 19.2 Å². The molecule has 0 aliphatic heterocycles. The van der Waals surface area contributed by atoms with Crippen LogP contribution in [0.2, 0.25) is 0 Å². The Morgan fingerprint density at radius 3 is 2.13 bits per heavy atom. The van der Waals surface area contributed by atoms with Crippen LogP contribution in [0.1, 0.15) is 102 Å². The number of methoxy groups -OCH3 is 1. The molecule has 53 heavy (non-hydrogen) atoms. The SMILES string of the molecule is COc1ccc(C2CCc3cc(OC(=O)C(C)(C)C)ccc3C2)c(NCC(=O)OC(C)C(=O)c2ccc(OCC(C)(C)NC(=O)OC(C)(C)C)cc2)c1. The van der Waals surface area contributed by atoms with Crippen molar-refractivity contribution in [2.45, 2.75) is 105 Å². The Morgan fingerprint density at radius 1 is 0.830 bits per heavy atom. The lowest BCUT2D eigenvalue weighted by molar-refractivity contribution is -0.144. The van der Waals surface area contributed by atoms with Crippen LogP contribution in [0, 0.1) is 5.41 Å². The molecule has 0 fully saturated rings. The van der Waals surface area contributed by atoms with Crippen LogP contribution in [-0.2, 0) is 31.9 Å². The van der Waals surface area contributed by atoms with Crippen LogP contribution in [0.4, 0.5) is 10.5 Å². The molecule has 2 atom stereocenters. The van der Waals surface area contributed by atoms with E-state index in [2.05, 4.69) is 10.6 Å². The largest absolute Gasteiger partial charge is 0.497 e. The first-order chi connectivity index (χ1) is 24.7. The van der Waals surface area contributed by atoms with Gasteiger partial charge in [0.05, 0.1) is 18.1 Å². The van der Waals surface area contributed by atoms with Crippen molar-refractivity contribution in [1.82, 2.24) is 5.32 Å². The fourth-order valence-corrected chi connectivity index (χ4v) is 5.78. The molecule has 0 heterocycles. The number of benzene rings is 3. The van der Waals surface area contributed by atoms with Crippen molar-refractivity contribution < 1.29 is 42.9 Å². The van der Waals surface area contributed by atoms with Gasteiger partial charge in [-0.3, -0.25) is 14.4 Å². The highest BCUT2D eigenvalue weighted by Gasteiger charge is 2.28. The molecule has 11 nitrogen and oxygen atoms in total. The highest BCUT2D eigenvalue weighted by molar-refractivity contribution is 6.00. The second-order valence-corrected chi connectivity index (χ2v) is 16.1. The number of nitrogens with one attached hydrogen (secondary N) is 2. The first-order valence-corrected chi connectivity index (χ1v) is 18.0. The predicted octanol–water partition coefficient (Wildman–Crippen LogP) is 7.83. The van der Waals surface area contributed by atoms with Gasteiger partial charge in [0, 0.05) is 17.3 Å². The van der Waals surface area contributed by atoms with Crippen LogP contribution in [0.25, 0.3) is 0 Å². The maximum absolute atomic E-state index is 13.1. The Kier molecular flexibility index (Phi) is 12.9. The molecular weight excluding hydrogens is 676 g/mol. The lowest BCUT2D eigenvalue weighted by Gasteiger charge is -2.28. The molecule has 0 saturated carbocycles. The zero-order chi connectivity index (χ0) is 39.1. The number of esters is 2. The quantitative estimate of drug-likeness (QED) is 0.102. The molecule has 4 rings (SSSR count). The molecular formula is C42H54N2O9. The van der Waals surface area contributed by atoms with Gasteiger partial charge in [-0.15, -0.1) is 0 Å². The first-order valence-electron chi connectivity index (χ1n) is 18.0. The van der Waals surface area contributed by atoms with Gasteiger partial charge in [0.1, 0.15) is 36.0 Å². The number of anilines is 1. The predicted molar refractivity (Wildman–Crippen MR) is 203 cm³/mol. The summed E-state index contributed by atoms with van der Waals surface area (Å²) < 4.78 is 27.8. The summed E-state index contributed by atoms with van der Waals surface area (Å²) in [7, 11) is 1.59. The fraction of sp³-hybridized carbons (Fsp3) is 0.476. The summed E-state index contributed by atoms with van der Waals surface area (Å²) in [6, 6.07) is 18.1. The molecule has 286 valence electrons. The highest BCUT2D eigenvalue weighted by atomic mass is 16.6. The van der Waals surface area contributed by atoms with Gasteiger partial charge in [0.15, 0.2) is 6.10 Å². The number of hydrogen-bond acceptors (Lipinski definition) is 10. The lowest BCUT2D eigenvalue weighted by atomic mass is 9.79. The van der Waals surface area contributed by atoms with E-state index in [1.54, 1.807) is 59.1 Å². The number of Topliss-reactive ketones (excluding diaryl/α,β-unsaturated/α-hetero) is 1. The zero-order valence-electron chi connectivity index (χ0n) is 32.6. The molecule has 0 saturated heterocycles. The summed E-state index contributed by atoms with van der Waals surface area (Å²) >= 11 is 0.